The first-order chi connectivity index (χ1) is 12.1. The van der Waals surface area contributed by atoms with Gasteiger partial charge in [-0.05, 0) is 24.6 Å². The van der Waals surface area contributed by atoms with E-state index in [1.54, 1.807) is 6.20 Å². The van der Waals surface area contributed by atoms with Gasteiger partial charge in [-0.2, -0.15) is 0 Å². The smallest absolute Gasteiger partial charge is 0.221 e. The molecule has 3 aromatic rings. The highest BCUT2D eigenvalue weighted by Crippen LogP contribution is 2.25. The van der Waals surface area contributed by atoms with Crippen LogP contribution in [0.3, 0.4) is 0 Å². The van der Waals surface area contributed by atoms with Crippen molar-refractivity contribution in [3.63, 3.8) is 0 Å². The van der Waals surface area contributed by atoms with E-state index in [1.165, 1.54) is 0 Å². The van der Waals surface area contributed by atoms with E-state index in [9.17, 15) is 4.79 Å². The van der Waals surface area contributed by atoms with E-state index in [2.05, 4.69) is 25.3 Å². The monoisotopic (exact) mass is 337 g/mol. The van der Waals surface area contributed by atoms with E-state index in [1.807, 2.05) is 30.0 Å². The normalized spacial score (nSPS) is 15.2. The molecule has 1 amide bonds. The third kappa shape index (κ3) is 2.98. The fraction of sp³-hybridized carbons (Fsp3) is 0.294. The zero-order valence-electron chi connectivity index (χ0n) is 13.9. The third-order valence-corrected chi connectivity index (χ3v) is 4.29. The average Bonchev–Trinajstić information content (AvgIpc) is 2.89. The van der Waals surface area contributed by atoms with Crippen LogP contribution in [0.25, 0.3) is 22.6 Å². The van der Waals surface area contributed by atoms with Crippen LogP contribution >= 0.6 is 0 Å². The fourth-order valence-electron chi connectivity index (χ4n) is 2.95. The molecular weight excluding hydrogens is 318 g/mol. The highest BCUT2D eigenvalue weighted by atomic mass is 16.1. The number of aromatic nitrogens is 4. The van der Waals surface area contributed by atoms with Crippen LogP contribution in [0.2, 0.25) is 0 Å². The van der Waals surface area contributed by atoms with Crippen molar-refractivity contribution in [1.29, 1.82) is 0 Å². The molecule has 0 aliphatic carbocycles. The molecule has 1 aliphatic rings. The number of benzene rings is 1. The van der Waals surface area contributed by atoms with Crippen molar-refractivity contribution in [3.8, 4) is 11.5 Å². The molecule has 4 N–H and O–H groups in total. The summed E-state index contributed by atoms with van der Waals surface area (Å²) in [6, 6.07) is 6.01. The lowest BCUT2D eigenvalue weighted by Crippen LogP contribution is -2.29. The summed E-state index contributed by atoms with van der Waals surface area (Å²) < 4.78 is 0. The van der Waals surface area contributed by atoms with Crippen molar-refractivity contribution in [2.24, 2.45) is 0 Å². The van der Waals surface area contributed by atoms with Crippen molar-refractivity contribution < 1.29 is 4.79 Å². The number of hydrogen-bond acceptors (Lipinski definition) is 6. The summed E-state index contributed by atoms with van der Waals surface area (Å²) in [5.41, 5.74) is 9.50. The Kier molecular flexibility index (Phi) is 3.72. The first-order valence-electron chi connectivity index (χ1n) is 8.21. The molecule has 1 aromatic carbocycles. The van der Waals surface area contributed by atoms with Gasteiger partial charge in [0.1, 0.15) is 5.82 Å². The number of nitrogens with one attached hydrogen (secondary N) is 2. The first kappa shape index (κ1) is 15.4. The second kappa shape index (κ2) is 6.04. The molecule has 1 aliphatic heterocycles. The van der Waals surface area contributed by atoms with Crippen molar-refractivity contribution >= 4 is 28.6 Å². The van der Waals surface area contributed by atoms with Gasteiger partial charge in [0.15, 0.2) is 17.3 Å². The van der Waals surface area contributed by atoms with Gasteiger partial charge in [0, 0.05) is 26.1 Å². The molecule has 1 fully saturated rings. The summed E-state index contributed by atoms with van der Waals surface area (Å²) >= 11 is 0. The lowest BCUT2D eigenvalue weighted by atomic mass is 10.2. The summed E-state index contributed by atoms with van der Waals surface area (Å²) in [5.74, 6) is 1.66. The first-order valence-corrected chi connectivity index (χ1v) is 8.21. The summed E-state index contributed by atoms with van der Waals surface area (Å²) in [7, 11) is 0. The largest absolute Gasteiger partial charge is 0.382 e. The number of fused-ring (bicyclic) bond motifs is 1. The number of aromatic amines is 1. The van der Waals surface area contributed by atoms with Crippen LogP contribution < -0.4 is 16.0 Å². The van der Waals surface area contributed by atoms with Crippen LogP contribution in [-0.2, 0) is 4.79 Å². The van der Waals surface area contributed by atoms with Gasteiger partial charge in [-0.25, -0.2) is 15.0 Å². The molecule has 3 heterocycles. The van der Waals surface area contributed by atoms with Crippen molar-refractivity contribution in [3.05, 3.63) is 30.0 Å². The summed E-state index contributed by atoms with van der Waals surface area (Å²) in [6.45, 7) is 3.90. The molecule has 0 spiro atoms. The Bertz CT molecular complexity index is 949. The number of nitrogens with two attached hydrogens (primary N) is 1. The minimum absolute atomic E-state index is 0.0544. The topological polar surface area (TPSA) is 113 Å². The molecule has 0 saturated carbocycles. The van der Waals surface area contributed by atoms with Crippen LogP contribution in [0.1, 0.15) is 12.0 Å². The standard InChI is InChI=1S/C17H19N7O/c1-10-2-3-11-12(8-10)22-17(21-11)15-16(18)20-9-13(23-15)24-6-4-14(25)19-5-7-24/h2-3,8-9H,4-7H2,1H3,(H2,18,20)(H,19,25)(H,21,22). The summed E-state index contributed by atoms with van der Waals surface area (Å²) in [4.78, 5) is 30.3. The summed E-state index contributed by atoms with van der Waals surface area (Å²) in [6.07, 6.45) is 2.08. The average molecular weight is 337 g/mol. The predicted molar refractivity (Wildman–Crippen MR) is 96.1 cm³/mol. The Morgan fingerprint density at radius 2 is 2.12 bits per heavy atom. The number of anilines is 2. The highest BCUT2D eigenvalue weighted by Gasteiger charge is 2.18. The van der Waals surface area contributed by atoms with Gasteiger partial charge in [0.05, 0.1) is 17.2 Å². The van der Waals surface area contributed by atoms with Gasteiger partial charge in [0.2, 0.25) is 5.91 Å². The van der Waals surface area contributed by atoms with Crippen molar-refractivity contribution in [2.75, 3.05) is 30.3 Å². The van der Waals surface area contributed by atoms with Gasteiger partial charge >= 0.3 is 0 Å². The minimum Gasteiger partial charge on any atom is -0.382 e. The van der Waals surface area contributed by atoms with Crippen LogP contribution in [-0.4, -0.2) is 45.5 Å². The summed E-state index contributed by atoms with van der Waals surface area (Å²) in [5, 5.41) is 2.85. The van der Waals surface area contributed by atoms with Gasteiger partial charge in [0.25, 0.3) is 0 Å². The quantitative estimate of drug-likeness (QED) is 0.648. The molecule has 0 atom stereocenters. The minimum atomic E-state index is 0.0544. The lowest BCUT2D eigenvalue weighted by Gasteiger charge is -2.20. The maximum absolute atomic E-state index is 11.5. The Morgan fingerprint density at radius 1 is 1.24 bits per heavy atom. The maximum Gasteiger partial charge on any atom is 0.221 e. The Labute approximate surface area is 144 Å². The van der Waals surface area contributed by atoms with E-state index >= 15 is 0 Å². The number of hydrogen-bond donors (Lipinski definition) is 3. The van der Waals surface area contributed by atoms with E-state index in [-0.39, 0.29) is 5.91 Å². The Hall–Kier alpha value is -3.16. The number of carbonyl (C=O) groups is 1. The van der Waals surface area contributed by atoms with Crippen LogP contribution in [0.15, 0.2) is 24.4 Å². The second-order valence-electron chi connectivity index (χ2n) is 6.16. The highest BCUT2D eigenvalue weighted by molar-refractivity contribution is 5.81. The molecule has 0 bridgehead atoms. The molecule has 0 unspecified atom stereocenters. The van der Waals surface area contributed by atoms with E-state index in [4.69, 9.17) is 5.73 Å². The third-order valence-electron chi connectivity index (χ3n) is 4.29. The van der Waals surface area contributed by atoms with Crippen molar-refractivity contribution in [1.82, 2.24) is 25.3 Å². The number of amides is 1. The number of carbonyl (C=O) groups excluding carboxylic acids is 1. The number of imidazole rings is 1. The van der Waals surface area contributed by atoms with Crippen LogP contribution in [0, 0.1) is 6.92 Å². The molecule has 4 rings (SSSR count). The SMILES string of the molecule is Cc1ccc2nc(-c3nc(N4CCNC(=O)CC4)cnc3N)[nH]c2c1. The van der Waals surface area contributed by atoms with E-state index < -0.39 is 0 Å². The number of aryl methyl sites for hydroxylation is 1. The molecule has 8 heteroatoms. The maximum atomic E-state index is 11.5. The number of rotatable bonds is 2. The molecule has 0 radical (unpaired) electrons. The van der Waals surface area contributed by atoms with Gasteiger partial charge in [-0.1, -0.05) is 6.07 Å². The molecule has 2 aromatic heterocycles. The van der Waals surface area contributed by atoms with E-state index in [0.29, 0.717) is 49.2 Å². The van der Waals surface area contributed by atoms with Gasteiger partial charge in [-0.3, -0.25) is 4.79 Å². The molecule has 25 heavy (non-hydrogen) atoms. The Morgan fingerprint density at radius 3 is 3.00 bits per heavy atom. The zero-order chi connectivity index (χ0) is 17.4. The Balaban J connectivity index is 1.72. The van der Waals surface area contributed by atoms with Crippen molar-refractivity contribution in [2.45, 2.75) is 13.3 Å². The predicted octanol–water partition coefficient (Wildman–Crippen LogP) is 1.24. The van der Waals surface area contributed by atoms with Crippen LogP contribution in [0.4, 0.5) is 11.6 Å². The number of nitrogens with zero attached hydrogens (tertiary/aromatic N) is 4. The second-order valence-corrected chi connectivity index (χ2v) is 6.16. The number of nitrogen functional groups attached to an aromatic ring is 1. The van der Waals surface area contributed by atoms with Gasteiger partial charge < -0.3 is 20.9 Å². The van der Waals surface area contributed by atoms with Gasteiger partial charge in [-0.15, -0.1) is 0 Å². The molecular formula is C17H19N7O. The molecule has 1 saturated heterocycles. The molecule has 128 valence electrons. The molecule has 8 nitrogen and oxygen atoms in total. The van der Waals surface area contributed by atoms with Crippen LogP contribution in [0.5, 0.6) is 0 Å². The lowest BCUT2D eigenvalue weighted by molar-refractivity contribution is -0.120. The van der Waals surface area contributed by atoms with E-state index in [0.717, 1.165) is 16.6 Å². The number of H-pyrrole nitrogens is 1. The fourth-order valence-corrected chi connectivity index (χ4v) is 2.95. The zero-order valence-corrected chi connectivity index (χ0v) is 13.9.